The maximum absolute atomic E-state index is 13.6. The lowest BCUT2D eigenvalue weighted by Gasteiger charge is -2.51. The van der Waals surface area contributed by atoms with E-state index in [0.717, 1.165) is 6.54 Å². The predicted octanol–water partition coefficient (Wildman–Crippen LogP) is 4.35. The molecule has 1 aliphatic rings. The first-order valence-electron chi connectivity index (χ1n) is 7.77. The van der Waals surface area contributed by atoms with Crippen LogP contribution in [0.5, 0.6) is 5.75 Å². The fraction of sp³-hybridized carbons (Fsp3) is 0.294. The molecule has 0 fully saturated rings. The molecule has 130 valence electrons. The number of para-hydroxylation sites is 1. The van der Waals surface area contributed by atoms with Crippen molar-refractivity contribution in [2.75, 3.05) is 17.9 Å². The number of rotatable bonds is 5. The van der Waals surface area contributed by atoms with E-state index in [4.69, 9.17) is 4.74 Å². The maximum atomic E-state index is 13.6. The van der Waals surface area contributed by atoms with Gasteiger partial charge in [0, 0.05) is 12.5 Å². The number of benzene rings is 2. The second-order valence-electron chi connectivity index (χ2n) is 5.60. The molecule has 24 heavy (non-hydrogen) atoms. The van der Waals surface area contributed by atoms with E-state index >= 15 is 0 Å². The van der Waals surface area contributed by atoms with Gasteiger partial charge < -0.3 is 10.1 Å². The quantitative estimate of drug-likeness (QED) is 0.698. The van der Waals surface area contributed by atoms with Crippen molar-refractivity contribution in [3.63, 3.8) is 0 Å². The second kappa shape index (κ2) is 6.98. The van der Waals surface area contributed by atoms with Crippen LogP contribution in [-0.4, -0.2) is 28.1 Å². The van der Waals surface area contributed by atoms with Crippen LogP contribution in [0, 0.1) is 5.82 Å². The molecule has 3 rings (SSSR count). The normalized spacial score (nSPS) is 20.2. The molecule has 0 bridgehead atoms. The number of anilines is 2. The Morgan fingerprint density at radius 2 is 1.96 bits per heavy atom. The SMILES string of the molecule is CNCCCC1Oc2cc(F)ccc2N(c2ccccc2)S1(O)O. The van der Waals surface area contributed by atoms with Gasteiger partial charge in [-0.05, 0) is 44.3 Å². The Kier molecular flexibility index (Phi) is 4.96. The smallest absolute Gasteiger partial charge is 0.206 e. The van der Waals surface area contributed by atoms with Gasteiger partial charge in [0.2, 0.25) is 5.44 Å². The van der Waals surface area contributed by atoms with Crippen LogP contribution in [0.2, 0.25) is 0 Å². The highest BCUT2D eigenvalue weighted by molar-refractivity contribution is 8.26. The van der Waals surface area contributed by atoms with Gasteiger partial charge in [-0.2, -0.15) is 0 Å². The van der Waals surface area contributed by atoms with Crippen molar-refractivity contribution in [2.24, 2.45) is 0 Å². The van der Waals surface area contributed by atoms with Crippen molar-refractivity contribution >= 4 is 22.2 Å². The lowest BCUT2D eigenvalue weighted by Crippen LogP contribution is -2.39. The first kappa shape index (κ1) is 17.0. The zero-order valence-electron chi connectivity index (χ0n) is 13.4. The van der Waals surface area contributed by atoms with Crippen LogP contribution in [-0.2, 0) is 0 Å². The van der Waals surface area contributed by atoms with Crippen molar-refractivity contribution < 1.29 is 18.2 Å². The van der Waals surface area contributed by atoms with Gasteiger partial charge in [0.15, 0.2) is 5.75 Å². The summed E-state index contributed by atoms with van der Waals surface area (Å²) >= 11 is 0. The highest BCUT2D eigenvalue weighted by atomic mass is 32.3. The topological polar surface area (TPSA) is 65.0 Å². The molecule has 0 amide bonds. The van der Waals surface area contributed by atoms with E-state index in [0.29, 0.717) is 30.0 Å². The molecule has 3 N–H and O–H groups in total. The Morgan fingerprint density at radius 3 is 2.67 bits per heavy atom. The van der Waals surface area contributed by atoms with Crippen LogP contribution in [0.1, 0.15) is 12.8 Å². The Hall–Kier alpha value is -1.80. The number of halogens is 1. The van der Waals surface area contributed by atoms with Crippen molar-refractivity contribution in [3.05, 3.63) is 54.3 Å². The zero-order valence-corrected chi connectivity index (χ0v) is 14.2. The fourth-order valence-electron chi connectivity index (χ4n) is 2.74. The molecule has 0 aromatic heterocycles. The monoisotopic (exact) mass is 352 g/mol. The van der Waals surface area contributed by atoms with Crippen LogP contribution in [0.3, 0.4) is 0 Å². The molecule has 0 spiro atoms. The molecule has 1 atom stereocenters. The molecule has 2 aromatic carbocycles. The van der Waals surface area contributed by atoms with E-state index in [1.807, 2.05) is 25.2 Å². The number of ether oxygens (including phenoxy) is 1. The lowest BCUT2D eigenvalue weighted by molar-refractivity contribution is 0.235. The number of nitrogens with zero attached hydrogens (tertiary/aromatic N) is 1. The molecule has 0 saturated heterocycles. The van der Waals surface area contributed by atoms with E-state index in [1.165, 1.54) is 22.5 Å². The summed E-state index contributed by atoms with van der Waals surface area (Å²) < 4.78 is 42.6. The summed E-state index contributed by atoms with van der Waals surface area (Å²) in [5.41, 5.74) is 0.264. The molecular weight excluding hydrogens is 331 g/mol. The van der Waals surface area contributed by atoms with Crippen LogP contribution >= 0.6 is 10.8 Å². The lowest BCUT2D eigenvalue weighted by atomic mass is 10.2. The largest absolute Gasteiger partial charge is 0.466 e. The van der Waals surface area contributed by atoms with E-state index < -0.39 is 22.0 Å². The van der Waals surface area contributed by atoms with Gasteiger partial charge in [-0.1, -0.05) is 29.0 Å². The van der Waals surface area contributed by atoms with Crippen LogP contribution in [0.4, 0.5) is 15.8 Å². The third-order valence-electron chi connectivity index (χ3n) is 3.88. The van der Waals surface area contributed by atoms with Crippen molar-refractivity contribution in [1.29, 1.82) is 0 Å². The molecule has 7 heteroatoms. The maximum Gasteiger partial charge on any atom is 0.206 e. The molecule has 5 nitrogen and oxygen atoms in total. The predicted molar refractivity (Wildman–Crippen MR) is 95.4 cm³/mol. The minimum absolute atomic E-state index is 0.319. The summed E-state index contributed by atoms with van der Waals surface area (Å²) in [4.78, 5) is 0. The Morgan fingerprint density at radius 1 is 1.21 bits per heavy atom. The minimum atomic E-state index is -3.26. The summed E-state index contributed by atoms with van der Waals surface area (Å²) in [6.07, 6.45) is 1.16. The molecule has 0 aliphatic carbocycles. The number of hydrogen-bond acceptors (Lipinski definition) is 5. The number of fused-ring (bicyclic) bond motifs is 1. The number of nitrogens with one attached hydrogen (secondary N) is 1. The molecule has 1 unspecified atom stereocenters. The van der Waals surface area contributed by atoms with Crippen LogP contribution in [0.25, 0.3) is 0 Å². The Labute approximate surface area is 142 Å². The van der Waals surface area contributed by atoms with Gasteiger partial charge in [-0.15, -0.1) is 0 Å². The van der Waals surface area contributed by atoms with Gasteiger partial charge in [0.1, 0.15) is 11.5 Å². The average molecular weight is 352 g/mol. The first-order chi connectivity index (χ1) is 11.5. The van der Waals surface area contributed by atoms with Gasteiger partial charge in [0.25, 0.3) is 0 Å². The highest BCUT2D eigenvalue weighted by Crippen LogP contribution is 2.61. The van der Waals surface area contributed by atoms with E-state index in [9.17, 15) is 13.5 Å². The minimum Gasteiger partial charge on any atom is -0.466 e. The second-order valence-corrected chi connectivity index (χ2v) is 7.61. The summed E-state index contributed by atoms with van der Waals surface area (Å²) in [6, 6.07) is 13.1. The van der Waals surface area contributed by atoms with Gasteiger partial charge in [-0.25, -0.2) is 8.70 Å². The number of hydrogen-bond donors (Lipinski definition) is 3. The van der Waals surface area contributed by atoms with Gasteiger partial charge in [0.05, 0.1) is 5.69 Å². The van der Waals surface area contributed by atoms with Crippen molar-refractivity contribution in [2.45, 2.75) is 18.3 Å². The molecular formula is C17H21FN2O3S. The highest BCUT2D eigenvalue weighted by Gasteiger charge is 2.41. The fourth-order valence-corrected chi connectivity index (χ4v) is 4.56. The van der Waals surface area contributed by atoms with Gasteiger partial charge in [-0.3, -0.25) is 9.11 Å². The molecule has 0 saturated carbocycles. The van der Waals surface area contributed by atoms with E-state index in [2.05, 4.69) is 5.32 Å². The Bertz CT molecular complexity index is 699. The average Bonchev–Trinajstić information content (AvgIpc) is 2.56. The standard InChI is InChI=1S/C17H21FN2O3S/c1-19-11-5-8-17-23-16-12-13(18)9-10-15(16)20(24(17,21)22)14-6-3-2-4-7-14/h2-4,6-7,9-10,12,17,19,21-22H,5,8,11H2,1H3. The molecule has 1 aliphatic heterocycles. The summed E-state index contributed by atoms with van der Waals surface area (Å²) in [5.74, 6) is -0.103. The molecule has 2 aromatic rings. The zero-order chi connectivity index (χ0) is 17.2. The third-order valence-corrected chi connectivity index (χ3v) is 5.86. The first-order valence-corrected chi connectivity index (χ1v) is 9.34. The summed E-state index contributed by atoms with van der Waals surface area (Å²) in [5, 5.41) is 3.02. The van der Waals surface area contributed by atoms with Crippen molar-refractivity contribution in [3.8, 4) is 5.75 Å². The van der Waals surface area contributed by atoms with Crippen molar-refractivity contribution in [1.82, 2.24) is 5.32 Å². The van der Waals surface area contributed by atoms with Gasteiger partial charge >= 0.3 is 0 Å². The summed E-state index contributed by atoms with van der Waals surface area (Å²) in [7, 11) is -1.43. The Balaban J connectivity index is 2.03. The molecule has 0 radical (unpaired) electrons. The van der Waals surface area contributed by atoms with E-state index in [-0.39, 0.29) is 0 Å². The van der Waals surface area contributed by atoms with Crippen LogP contribution in [0.15, 0.2) is 48.5 Å². The molecule has 1 heterocycles. The van der Waals surface area contributed by atoms with E-state index in [1.54, 1.807) is 12.1 Å². The summed E-state index contributed by atoms with van der Waals surface area (Å²) in [6.45, 7) is 0.733. The third kappa shape index (κ3) is 3.21. The van der Waals surface area contributed by atoms with Crippen LogP contribution < -0.4 is 14.4 Å².